The molecule has 3 aromatic rings. The average molecular weight is 351 g/mol. The first-order valence-electron chi connectivity index (χ1n) is 8.21. The second kappa shape index (κ2) is 7.74. The number of methoxy groups -OCH3 is 2. The maximum Gasteiger partial charge on any atom is 0.259 e. The normalized spacial score (nSPS) is 10.4. The van der Waals surface area contributed by atoms with E-state index in [9.17, 15) is 4.79 Å². The van der Waals surface area contributed by atoms with Crippen LogP contribution in [0, 0.1) is 6.92 Å². The minimum atomic E-state index is -0.281. The first kappa shape index (κ1) is 17.5. The molecule has 0 radical (unpaired) electrons. The van der Waals surface area contributed by atoms with Gasteiger partial charge < -0.3 is 14.8 Å². The zero-order valence-corrected chi connectivity index (χ0v) is 15.0. The molecule has 1 N–H and O–H groups in total. The van der Waals surface area contributed by atoms with Crippen molar-refractivity contribution in [2.24, 2.45) is 0 Å². The van der Waals surface area contributed by atoms with Gasteiger partial charge in [-0.3, -0.25) is 9.48 Å². The summed E-state index contributed by atoms with van der Waals surface area (Å²) < 4.78 is 12.3. The van der Waals surface area contributed by atoms with Crippen LogP contribution in [0.1, 0.15) is 21.5 Å². The predicted octanol–water partition coefficient (Wildman–Crippen LogP) is 3.51. The molecule has 6 nitrogen and oxygen atoms in total. The zero-order chi connectivity index (χ0) is 18.5. The molecule has 3 rings (SSSR count). The first-order valence-corrected chi connectivity index (χ1v) is 8.21. The van der Waals surface area contributed by atoms with Crippen molar-refractivity contribution in [2.45, 2.75) is 13.5 Å². The zero-order valence-electron chi connectivity index (χ0n) is 15.0. The van der Waals surface area contributed by atoms with E-state index >= 15 is 0 Å². The third-order valence-electron chi connectivity index (χ3n) is 4.13. The molecule has 0 saturated carbocycles. The van der Waals surface area contributed by atoms with Crippen molar-refractivity contribution in [3.63, 3.8) is 0 Å². The number of hydrogen-bond acceptors (Lipinski definition) is 4. The van der Waals surface area contributed by atoms with Gasteiger partial charge in [0.15, 0.2) is 11.5 Å². The number of anilines is 1. The van der Waals surface area contributed by atoms with Gasteiger partial charge in [0.25, 0.3) is 5.91 Å². The number of hydrogen-bond donors (Lipinski definition) is 1. The Balaban J connectivity index is 1.75. The van der Waals surface area contributed by atoms with Crippen molar-refractivity contribution in [1.82, 2.24) is 9.78 Å². The summed E-state index contributed by atoms with van der Waals surface area (Å²) in [4.78, 5) is 12.6. The van der Waals surface area contributed by atoms with Gasteiger partial charge in [0.1, 0.15) is 0 Å². The Labute approximate surface area is 152 Å². The van der Waals surface area contributed by atoms with Crippen molar-refractivity contribution in [2.75, 3.05) is 19.5 Å². The summed E-state index contributed by atoms with van der Waals surface area (Å²) in [6.07, 6.45) is 3.43. The monoisotopic (exact) mass is 351 g/mol. The summed E-state index contributed by atoms with van der Waals surface area (Å²) in [5.74, 6) is 0.631. The Morgan fingerprint density at radius 1 is 1.12 bits per heavy atom. The highest BCUT2D eigenvalue weighted by atomic mass is 16.5. The van der Waals surface area contributed by atoms with Crippen LogP contribution in [0.15, 0.2) is 54.9 Å². The smallest absolute Gasteiger partial charge is 0.259 e. The molecule has 1 amide bonds. The molecule has 134 valence electrons. The van der Waals surface area contributed by atoms with E-state index < -0.39 is 0 Å². The molecular formula is C20H21N3O3. The minimum Gasteiger partial charge on any atom is -0.493 e. The van der Waals surface area contributed by atoms with Crippen molar-refractivity contribution in [1.29, 1.82) is 0 Å². The Hall–Kier alpha value is -3.28. The Morgan fingerprint density at radius 2 is 1.92 bits per heavy atom. The molecule has 0 aliphatic heterocycles. The quantitative estimate of drug-likeness (QED) is 0.738. The summed E-state index contributed by atoms with van der Waals surface area (Å²) in [7, 11) is 3.05. The van der Waals surface area contributed by atoms with Crippen LogP contribution in [-0.2, 0) is 6.54 Å². The van der Waals surface area contributed by atoms with Crippen LogP contribution in [0.5, 0.6) is 11.5 Å². The number of carbonyl (C=O) groups excluding carboxylic acids is 1. The predicted molar refractivity (Wildman–Crippen MR) is 100 cm³/mol. The molecule has 1 heterocycles. The lowest BCUT2D eigenvalue weighted by Crippen LogP contribution is -2.13. The molecule has 1 aromatic heterocycles. The standard InChI is InChI=1S/C20H21N3O3/c1-14-7-4-5-8-15(14)12-23-13-16(11-21-23)22-20(24)17-9-6-10-18(25-2)19(17)26-3/h4-11,13H,12H2,1-3H3,(H,22,24). The maximum atomic E-state index is 12.6. The van der Waals surface area contributed by atoms with Crippen LogP contribution in [0.3, 0.4) is 0 Å². The largest absolute Gasteiger partial charge is 0.493 e. The van der Waals surface area contributed by atoms with Gasteiger partial charge in [-0.05, 0) is 30.2 Å². The number of nitrogens with one attached hydrogen (secondary N) is 1. The highest BCUT2D eigenvalue weighted by molar-refractivity contribution is 6.06. The van der Waals surface area contributed by atoms with Crippen LogP contribution < -0.4 is 14.8 Å². The third kappa shape index (κ3) is 3.69. The fraction of sp³-hybridized carbons (Fsp3) is 0.200. The van der Waals surface area contributed by atoms with Crippen molar-refractivity contribution in [3.05, 3.63) is 71.5 Å². The molecular weight excluding hydrogens is 330 g/mol. The van der Waals surface area contributed by atoms with Gasteiger partial charge in [-0.1, -0.05) is 30.3 Å². The number of amides is 1. The Kier molecular flexibility index (Phi) is 5.22. The molecule has 0 spiro atoms. The van der Waals surface area contributed by atoms with E-state index in [4.69, 9.17) is 9.47 Å². The summed E-state index contributed by atoms with van der Waals surface area (Å²) in [6, 6.07) is 13.3. The van der Waals surface area contributed by atoms with Crippen LogP contribution in [-0.4, -0.2) is 29.9 Å². The third-order valence-corrected chi connectivity index (χ3v) is 4.13. The second-order valence-electron chi connectivity index (χ2n) is 5.85. The lowest BCUT2D eigenvalue weighted by Gasteiger charge is -2.11. The number of aromatic nitrogens is 2. The lowest BCUT2D eigenvalue weighted by atomic mass is 10.1. The number of ether oxygens (including phenoxy) is 2. The summed E-state index contributed by atoms with van der Waals surface area (Å²) >= 11 is 0. The number of rotatable bonds is 6. The topological polar surface area (TPSA) is 65.4 Å². The average Bonchev–Trinajstić information content (AvgIpc) is 3.09. The van der Waals surface area contributed by atoms with Crippen molar-refractivity contribution >= 4 is 11.6 Å². The maximum absolute atomic E-state index is 12.6. The molecule has 0 saturated heterocycles. The van der Waals surface area contributed by atoms with Gasteiger partial charge in [0, 0.05) is 6.20 Å². The molecule has 2 aromatic carbocycles. The summed E-state index contributed by atoms with van der Waals surface area (Å²) in [6.45, 7) is 2.71. The molecule has 0 unspecified atom stereocenters. The van der Waals surface area contributed by atoms with Crippen LogP contribution >= 0.6 is 0 Å². The number of aryl methyl sites for hydroxylation is 1. The Morgan fingerprint density at radius 3 is 2.65 bits per heavy atom. The molecule has 0 atom stereocenters. The number of carbonyl (C=O) groups is 1. The van der Waals surface area contributed by atoms with E-state index in [1.807, 2.05) is 12.1 Å². The van der Waals surface area contributed by atoms with Gasteiger partial charge >= 0.3 is 0 Å². The van der Waals surface area contributed by atoms with Crippen molar-refractivity contribution < 1.29 is 14.3 Å². The second-order valence-corrected chi connectivity index (χ2v) is 5.85. The molecule has 0 bridgehead atoms. The first-order chi connectivity index (χ1) is 12.6. The number of benzene rings is 2. The van der Waals surface area contributed by atoms with Gasteiger partial charge in [0.05, 0.1) is 38.2 Å². The minimum absolute atomic E-state index is 0.281. The van der Waals surface area contributed by atoms with Crippen LogP contribution in [0.2, 0.25) is 0 Å². The number of para-hydroxylation sites is 1. The fourth-order valence-electron chi connectivity index (χ4n) is 2.74. The van der Waals surface area contributed by atoms with Gasteiger partial charge in [-0.2, -0.15) is 5.10 Å². The highest BCUT2D eigenvalue weighted by Gasteiger charge is 2.17. The fourth-order valence-corrected chi connectivity index (χ4v) is 2.74. The van der Waals surface area contributed by atoms with E-state index in [2.05, 4.69) is 29.5 Å². The van der Waals surface area contributed by atoms with Crippen LogP contribution in [0.25, 0.3) is 0 Å². The number of nitrogens with zero attached hydrogens (tertiary/aromatic N) is 2. The lowest BCUT2D eigenvalue weighted by molar-refractivity contribution is 0.102. The molecule has 26 heavy (non-hydrogen) atoms. The summed E-state index contributed by atoms with van der Waals surface area (Å²) in [5.41, 5.74) is 3.41. The Bertz CT molecular complexity index is 918. The van der Waals surface area contributed by atoms with Gasteiger partial charge in [0.2, 0.25) is 0 Å². The van der Waals surface area contributed by atoms with E-state index in [0.717, 1.165) is 0 Å². The molecule has 0 fully saturated rings. The van der Waals surface area contributed by atoms with E-state index in [-0.39, 0.29) is 5.91 Å². The highest BCUT2D eigenvalue weighted by Crippen LogP contribution is 2.31. The van der Waals surface area contributed by atoms with E-state index in [1.54, 1.807) is 35.3 Å². The van der Waals surface area contributed by atoms with Crippen molar-refractivity contribution in [3.8, 4) is 11.5 Å². The van der Waals surface area contributed by atoms with Gasteiger partial charge in [-0.15, -0.1) is 0 Å². The van der Waals surface area contributed by atoms with Gasteiger partial charge in [-0.25, -0.2) is 0 Å². The molecule has 0 aliphatic rings. The van der Waals surface area contributed by atoms with E-state index in [1.165, 1.54) is 25.3 Å². The van der Waals surface area contributed by atoms with Crippen LogP contribution in [0.4, 0.5) is 5.69 Å². The molecule has 0 aliphatic carbocycles. The van der Waals surface area contributed by atoms with E-state index in [0.29, 0.717) is 29.3 Å². The SMILES string of the molecule is COc1cccc(C(=O)Nc2cnn(Cc3ccccc3C)c2)c1OC. The molecule has 6 heteroatoms. The summed E-state index contributed by atoms with van der Waals surface area (Å²) in [5, 5.41) is 7.17.